The summed E-state index contributed by atoms with van der Waals surface area (Å²) in [5.74, 6) is 0.269. The summed E-state index contributed by atoms with van der Waals surface area (Å²) >= 11 is 0. The third-order valence-corrected chi connectivity index (χ3v) is 5.08. The minimum absolute atomic E-state index is 0.435. The lowest BCUT2D eigenvalue weighted by molar-refractivity contribution is 0.100. The first-order valence-corrected chi connectivity index (χ1v) is 9.67. The summed E-state index contributed by atoms with van der Waals surface area (Å²) in [6.07, 6.45) is 5.38. The number of nitriles is 1. The van der Waals surface area contributed by atoms with Crippen molar-refractivity contribution in [2.24, 2.45) is 5.73 Å². The van der Waals surface area contributed by atoms with E-state index in [9.17, 15) is 10.1 Å². The molecule has 7 nitrogen and oxygen atoms in total. The van der Waals surface area contributed by atoms with Gasteiger partial charge in [-0.05, 0) is 36.8 Å². The highest BCUT2D eigenvalue weighted by Gasteiger charge is 2.18. The van der Waals surface area contributed by atoms with Crippen molar-refractivity contribution >= 4 is 16.8 Å². The first-order valence-electron chi connectivity index (χ1n) is 9.67. The highest BCUT2D eigenvalue weighted by atomic mass is 16.5. The minimum atomic E-state index is -0.476. The molecule has 2 N–H and O–H groups in total. The van der Waals surface area contributed by atoms with Crippen LogP contribution in [0.1, 0.15) is 22.8 Å². The maximum absolute atomic E-state index is 11.4. The quantitative estimate of drug-likeness (QED) is 0.513. The van der Waals surface area contributed by atoms with Crippen LogP contribution in [0.5, 0.6) is 5.75 Å². The highest BCUT2D eigenvalue weighted by Crippen LogP contribution is 2.35. The summed E-state index contributed by atoms with van der Waals surface area (Å²) in [4.78, 5) is 15.4. The Kier molecular flexibility index (Phi) is 5.22. The largest absolute Gasteiger partial charge is 0.492 e. The molecular formula is C23H21N5O2. The van der Waals surface area contributed by atoms with E-state index in [-0.39, 0.29) is 0 Å². The fourth-order valence-electron chi connectivity index (χ4n) is 3.64. The fourth-order valence-corrected chi connectivity index (χ4v) is 3.64. The van der Waals surface area contributed by atoms with E-state index in [1.54, 1.807) is 24.7 Å². The van der Waals surface area contributed by atoms with E-state index >= 15 is 0 Å². The molecule has 4 rings (SSSR count). The Morgan fingerprint density at radius 2 is 2.03 bits per heavy atom. The smallest absolute Gasteiger partial charge is 0.248 e. The lowest BCUT2D eigenvalue weighted by Crippen LogP contribution is -2.10. The summed E-state index contributed by atoms with van der Waals surface area (Å²) in [6, 6.07) is 15.1. The molecule has 0 aliphatic rings. The van der Waals surface area contributed by atoms with Gasteiger partial charge < -0.3 is 19.6 Å². The second kappa shape index (κ2) is 8.13. The SMILES string of the molecule is CCn1c(-c2ccc(C(N)=O)cc2)c(C#N)c2ccc(OCCn3ccnc3)cc21. The van der Waals surface area contributed by atoms with Gasteiger partial charge in [0.25, 0.3) is 0 Å². The van der Waals surface area contributed by atoms with Gasteiger partial charge in [0, 0.05) is 36.0 Å². The number of hydrogen-bond donors (Lipinski definition) is 1. The molecule has 2 aromatic heterocycles. The molecule has 0 unspecified atom stereocenters. The van der Waals surface area contributed by atoms with Crippen molar-refractivity contribution in [2.45, 2.75) is 20.0 Å². The molecule has 30 heavy (non-hydrogen) atoms. The number of benzene rings is 2. The zero-order valence-corrected chi connectivity index (χ0v) is 16.6. The normalized spacial score (nSPS) is 10.8. The molecule has 1 amide bonds. The number of nitrogens with zero attached hydrogens (tertiary/aromatic N) is 4. The van der Waals surface area contributed by atoms with Gasteiger partial charge in [-0.15, -0.1) is 0 Å². The third-order valence-electron chi connectivity index (χ3n) is 5.08. The monoisotopic (exact) mass is 399 g/mol. The van der Waals surface area contributed by atoms with Crippen LogP contribution in [0.3, 0.4) is 0 Å². The Morgan fingerprint density at radius 3 is 2.67 bits per heavy atom. The van der Waals surface area contributed by atoms with Crippen molar-refractivity contribution < 1.29 is 9.53 Å². The molecule has 0 bridgehead atoms. The van der Waals surface area contributed by atoms with E-state index in [4.69, 9.17) is 10.5 Å². The van der Waals surface area contributed by atoms with Crippen LogP contribution in [0.2, 0.25) is 0 Å². The van der Waals surface area contributed by atoms with Crippen molar-refractivity contribution in [3.8, 4) is 23.1 Å². The van der Waals surface area contributed by atoms with Crippen LogP contribution in [-0.4, -0.2) is 26.6 Å². The molecule has 0 aliphatic carbocycles. The van der Waals surface area contributed by atoms with Crippen LogP contribution in [0, 0.1) is 11.3 Å². The second-order valence-electron chi connectivity index (χ2n) is 6.85. The molecule has 0 radical (unpaired) electrons. The molecule has 2 heterocycles. The standard InChI is InChI=1S/C23H21N5O2/c1-2-28-21-13-18(30-12-11-27-10-9-26-15-27)7-8-19(21)20(14-24)22(28)16-3-5-17(6-4-16)23(25)29/h3-10,13,15H,2,11-12H2,1H3,(H2,25,29). The van der Waals surface area contributed by atoms with E-state index in [2.05, 4.69) is 15.6 Å². The molecule has 7 heteroatoms. The number of primary amides is 1. The van der Waals surface area contributed by atoms with Crippen LogP contribution < -0.4 is 10.5 Å². The number of ether oxygens (including phenoxy) is 1. The number of imidazole rings is 1. The summed E-state index contributed by atoms with van der Waals surface area (Å²) in [6.45, 7) is 3.94. The van der Waals surface area contributed by atoms with E-state index in [0.717, 1.165) is 27.9 Å². The Bertz CT molecular complexity index is 1230. The predicted octanol–water partition coefficient (Wildman–Crippen LogP) is 3.57. The maximum atomic E-state index is 11.4. The summed E-state index contributed by atoms with van der Waals surface area (Å²) < 4.78 is 9.97. The first-order chi connectivity index (χ1) is 14.6. The van der Waals surface area contributed by atoms with Gasteiger partial charge in [-0.2, -0.15) is 5.26 Å². The molecule has 0 atom stereocenters. The maximum Gasteiger partial charge on any atom is 0.248 e. The van der Waals surface area contributed by atoms with Crippen molar-refractivity contribution in [2.75, 3.05) is 6.61 Å². The Morgan fingerprint density at radius 1 is 1.23 bits per heavy atom. The fraction of sp³-hybridized carbons (Fsp3) is 0.174. The number of aryl methyl sites for hydroxylation is 1. The van der Waals surface area contributed by atoms with Gasteiger partial charge in [-0.25, -0.2) is 4.98 Å². The van der Waals surface area contributed by atoms with Gasteiger partial charge in [0.15, 0.2) is 0 Å². The molecule has 0 saturated carbocycles. The van der Waals surface area contributed by atoms with Crippen molar-refractivity contribution in [3.05, 3.63) is 72.3 Å². The lowest BCUT2D eigenvalue weighted by Gasteiger charge is -2.10. The van der Waals surface area contributed by atoms with E-state index in [1.807, 2.05) is 48.0 Å². The average molecular weight is 399 g/mol. The van der Waals surface area contributed by atoms with E-state index < -0.39 is 5.91 Å². The molecule has 0 saturated heterocycles. The number of fused-ring (bicyclic) bond motifs is 1. The summed E-state index contributed by atoms with van der Waals surface area (Å²) in [5.41, 5.74) is 9.00. The van der Waals surface area contributed by atoms with Crippen LogP contribution in [-0.2, 0) is 13.1 Å². The van der Waals surface area contributed by atoms with Crippen LogP contribution in [0.15, 0.2) is 61.2 Å². The molecule has 0 spiro atoms. The van der Waals surface area contributed by atoms with Crippen molar-refractivity contribution in [1.29, 1.82) is 5.26 Å². The molecule has 150 valence electrons. The molecule has 0 aliphatic heterocycles. The topological polar surface area (TPSA) is 98.9 Å². The number of aromatic nitrogens is 3. The van der Waals surface area contributed by atoms with Crippen molar-refractivity contribution in [1.82, 2.24) is 14.1 Å². The van der Waals surface area contributed by atoms with Crippen LogP contribution >= 0.6 is 0 Å². The summed E-state index contributed by atoms with van der Waals surface area (Å²) in [7, 11) is 0. The predicted molar refractivity (Wildman–Crippen MR) is 114 cm³/mol. The number of hydrogen-bond acceptors (Lipinski definition) is 4. The highest BCUT2D eigenvalue weighted by molar-refractivity contribution is 5.96. The minimum Gasteiger partial charge on any atom is -0.492 e. The number of amides is 1. The number of rotatable bonds is 7. The first kappa shape index (κ1) is 19.3. The number of carbonyl (C=O) groups is 1. The van der Waals surface area contributed by atoms with Gasteiger partial charge in [-0.3, -0.25) is 4.79 Å². The van der Waals surface area contributed by atoms with Crippen LogP contribution in [0.25, 0.3) is 22.2 Å². The lowest BCUT2D eigenvalue weighted by atomic mass is 10.0. The van der Waals surface area contributed by atoms with Gasteiger partial charge in [0.05, 0.1) is 29.6 Å². The van der Waals surface area contributed by atoms with E-state index in [0.29, 0.717) is 30.8 Å². The van der Waals surface area contributed by atoms with E-state index in [1.165, 1.54) is 0 Å². The van der Waals surface area contributed by atoms with Gasteiger partial charge >= 0.3 is 0 Å². The molecule has 4 aromatic rings. The summed E-state index contributed by atoms with van der Waals surface area (Å²) in [5, 5.41) is 10.7. The van der Waals surface area contributed by atoms with Crippen molar-refractivity contribution in [3.63, 3.8) is 0 Å². The Labute approximate surface area is 173 Å². The zero-order valence-electron chi connectivity index (χ0n) is 16.6. The Hall–Kier alpha value is -4.05. The van der Waals surface area contributed by atoms with Gasteiger partial charge in [0.2, 0.25) is 5.91 Å². The molecule has 0 fully saturated rings. The Balaban J connectivity index is 1.71. The van der Waals surface area contributed by atoms with Gasteiger partial charge in [0.1, 0.15) is 18.4 Å². The zero-order chi connectivity index (χ0) is 21.1. The second-order valence-corrected chi connectivity index (χ2v) is 6.85. The number of nitrogens with two attached hydrogens (primary N) is 1. The average Bonchev–Trinajstić information content (AvgIpc) is 3.38. The molecule has 2 aromatic carbocycles. The molecular weight excluding hydrogens is 378 g/mol. The van der Waals surface area contributed by atoms with Gasteiger partial charge in [-0.1, -0.05) is 12.1 Å². The van der Waals surface area contributed by atoms with Crippen LogP contribution in [0.4, 0.5) is 0 Å². The third kappa shape index (κ3) is 3.51. The number of carbonyl (C=O) groups excluding carboxylic acids is 1.